The number of benzene rings is 2. The predicted molar refractivity (Wildman–Crippen MR) is 77.6 cm³/mol. The van der Waals surface area contributed by atoms with Gasteiger partial charge in [-0.3, -0.25) is 0 Å². The fourth-order valence-corrected chi connectivity index (χ4v) is 2.11. The first-order valence-corrected chi connectivity index (χ1v) is 6.68. The van der Waals surface area contributed by atoms with Crippen LogP contribution in [0, 0.1) is 0 Å². The SMILES string of the molecule is O=C(O)c1cc(Br)ccc1Oc1cc(Cl)ccc1Cl. The van der Waals surface area contributed by atoms with Gasteiger partial charge in [-0.05, 0) is 30.3 Å². The Balaban J connectivity index is 2.43. The van der Waals surface area contributed by atoms with E-state index in [9.17, 15) is 4.79 Å². The Labute approximate surface area is 127 Å². The summed E-state index contributed by atoms with van der Waals surface area (Å²) in [5, 5.41) is 9.93. The molecule has 0 heterocycles. The van der Waals surface area contributed by atoms with E-state index in [1.54, 1.807) is 24.3 Å². The summed E-state index contributed by atoms with van der Waals surface area (Å²) in [6.45, 7) is 0. The molecule has 0 aliphatic heterocycles. The highest BCUT2D eigenvalue weighted by atomic mass is 79.9. The second-order valence-electron chi connectivity index (χ2n) is 3.62. The van der Waals surface area contributed by atoms with Crippen molar-refractivity contribution in [3.63, 3.8) is 0 Å². The summed E-state index contributed by atoms with van der Waals surface area (Å²) in [5.74, 6) is -0.590. The molecule has 19 heavy (non-hydrogen) atoms. The van der Waals surface area contributed by atoms with Crippen LogP contribution in [0.3, 0.4) is 0 Å². The molecule has 0 saturated carbocycles. The molecular weight excluding hydrogens is 355 g/mol. The van der Waals surface area contributed by atoms with Crippen molar-refractivity contribution < 1.29 is 14.6 Å². The van der Waals surface area contributed by atoms with Gasteiger partial charge >= 0.3 is 5.97 Å². The maximum Gasteiger partial charge on any atom is 0.339 e. The quantitative estimate of drug-likeness (QED) is 0.812. The second-order valence-corrected chi connectivity index (χ2v) is 5.38. The topological polar surface area (TPSA) is 46.5 Å². The maximum atomic E-state index is 11.2. The highest BCUT2D eigenvalue weighted by Crippen LogP contribution is 2.34. The number of carboxylic acids is 1. The van der Waals surface area contributed by atoms with Crippen molar-refractivity contribution in [2.24, 2.45) is 0 Å². The van der Waals surface area contributed by atoms with E-state index in [1.165, 1.54) is 12.1 Å². The summed E-state index contributed by atoms with van der Waals surface area (Å²) >= 11 is 15.0. The maximum absolute atomic E-state index is 11.2. The molecular formula is C13H7BrCl2O3. The van der Waals surface area contributed by atoms with Crippen LogP contribution in [-0.4, -0.2) is 11.1 Å². The minimum absolute atomic E-state index is 0.0328. The standard InChI is InChI=1S/C13H7BrCl2O3/c14-7-1-4-11(9(5-7)13(17)18)19-12-6-8(15)2-3-10(12)16/h1-6H,(H,17,18). The van der Waals surface area contributed by atoms with Gasteiger partial charge in [-0.1, -0.05) is 39.1 Å². The molecule has 0 amide bonds. The summed E-state index contributed by atoms with van der Waals surface area (Å²) in [5.41, 5.74) is 0.0328. The van der Waals surface area contributed by atoms with E-state index in [-0.39, 0.29) is 11.3 Å². The zero-order chi connectivity index (χ0) is 14.0. The summed E-state index contributed by atoms with van der Waals surface area (Å²) in [6, 6.07) is 9.41. The largest absolute Gasteiger partial charge is 0.478 e. The van der Waals surface area contributed by atoms with Gasteiger partial charge in [0.05, 0.1) is 5.02 Å². The van der Waals surface area contributed by atoms with E-state index >= 15 is 0 Å². The first kappa shape index (κ1) is 14.2. The zero-order valence-electron chi connectivity index (χ0n) is 9.36. The highest BCUT2D eigenvalue weighted by molar-refractivity contribution is 9.10. The summed E-state index contributed by atoms with van der Waals surface area (Å²) in [4.78, 5) is 11.2. The molecule has 0 aromatic heterocycles. The Morgan fingerprint density at radius 1 is 1.11 bits per heavy atom. The molecule has 0 spiro atoms. The molecule has 0 saturated heterocycles. The van der Waals surface area contributed by atoms with E-state index in [0.29, 0.717) is 20.3 Å². The normalized spacial score (nSPS) is 10.3. The molecule has 0 aliphatic rings. The molecule has 98 valence electrons. The third kappa shape index (κ3) is 3.41. The Morgan fingerprint density at radius 3 is 2.53 bits per heavy atom. The van der Waals surface area contributed by atoms with Gasteiger partial charge in [0.1, 0.15) is 17.1 Å². The molecule has 2 aromatic carbocycles. The lowest BCUT2D eigenvalue weighted by Crippen LogP contribution is -2.00. The Kier molecular flexibility index (Phi) is 4.34. The van der Waals surface area contributed by atoms with Crippen LogP contribution in [0.1, 0.15) is 10.4 Å². The Hall–Kier alpha value is -1.23. The smallest absolute Gasteiger partial charge is 0.339 e. The highest BCUT2D eigenvalue weighted by Gasteiger charge is 2.14. The van der Waals surface area contributed by atoms with Crippen LogP contribution < -0.4 is 4.74 Å². The lowest BCUT2D eigenvalue weighted by molar-refractivity contribution is 0.0694. The number of halogens is 3. The lowest BCUT2D eigenvalue weighted by Gasteiger charge is -2.10. The number of aromatic carboxylic acids is 1. The van der Waals surface area contributed by atoms with E-state index in [0.717, 1.165) is 0 Å². The number of ether oxygens (including phenoxy) is 1. The first-order chi connectivity index (χ1) is 8.97. The van der Waals surface area contributed by atoms with Gasteiger partial charge in [0, 0.05) is 15.6 Å². The van der Waals surface area contributed by atoms with Crippen LogP contribution in [-0.2, 0) is 0 Å². The van der Waals surface area contributed by atoms with Gasteiger partial charge in [0.25, 0.3) is 0 Å². The molecule has 1 N–H and O–H groups in total. The van der Waals surface area contributed by atoms with Crippen LogP contribution in [0.4, 0.5) is 0 Å². The van der Waals surface area contributed by atoms with E-state index < -0.39 is 5.97 Å². The van der Waals surface area contributed by atoms with Gasteiger partial charge in [0.2, 0.25) is 0 Å². The molecule has 0 radical (unpaired) electrons. The van der Waals surface area contributed by atoms with Crippen LogP contribution in [0.15, 0.2) is 40.9 Å². The van der Waals surface area contributed by atoms with Gasteiger partial charge in [-0.25, -0.2) is 4.79 Å². The van der Waals surface area contributed by atoms with Gasteiger partial charge < -0.3 is 9.84 Å². The number of hydrogen-bond donors (Lipinski definition) is 1. The molecule has 0 aliphatic carbocycles. The molecule has 3 nitrogen and oxygen atoms in total. The molecule has 0 bridgehead atoms. The third-order valence-corrected chi connectivity index (χ3v) is 3.33. The minimum atomic E-state index is -1.09. The fourth-order valence-electron chi connectivity index (χ4n) is 1.43. The molecule has 0 atom stereocenters. The average Bonchev–Trinajstić information content (AvgIpc) is 2.35. The van der Waals surface area contributed by atoms with Crippen LogP contribution in [0.5, 0.6) is 11.5 Å². The molecule has 0 fully saturated rings. The molecule has 6 heteroatoms. The number of hydrogen-bond acceptors (Lipinski definition) is 2. The lowest BCUT2D eigenvalue weighted by atomic mass is 10.2. The van der Waals surface area contributed by atoms with Crippen molar-refractivity contribution in [2.45, 2.75) is 0 Å². The average molecular weight is 362 g/mol. The van der Waals surface area contributed by atoms with Gasteiger partial charge in [-0.15, -0.1) is 0 Å². The zero-order valence-corrected chi connectivity index (χ0v) is 12.5. The van der Waals surface area contributed by atoms with Crippen LogP contribution >= 0.6 is 39.1 Å². The molecule has 2 aromatic rings. The minimum Gasteiger partial charge on any atom is -0.478 e. The third-order valence-electron chi connectivity index (χ3n) is 2.29. The van der Waals surface area contributed by atoms with Crippen molar-refractivity contribution in [3.8, 4) is 11.5 Å². The van der Waals surface area contributed by atoms with E-state index in [1.807, 2.05) is 0 Å². The number of carbonyl (C=O) groups is 1. The van der Waals surface area contributed by atoms with Crippen molar-refractivity contribution in [2.75, 3.05) is 0 Å². The number of rotatable bonds is 3. The predicted octanol–water partition coefficient (Wildman–Crippen LogP) is 5.25. The van der Waals surface area contributed by atoms with Crippen molar-refractivity contribution in [1.82, 2.24) is 0 Å². The van der Waals surface area contributed by atoms with Crippen LogP contribution in [0.25, 0.3) is 0 Å². The van der Waals surface area contributed by atoms with Gasteiger partial charge in [0.15, 0.2) is 0 Å². The summed E-state index contributed by atoms with van der Waals surface area (Å²) in [7, 11) is 0. The summed E-state index contributed by atoms with van der Waals surface area (Å²) in [6.07, 6.45) is 0. The molecule has 2 rings (SSSR count). The monoisotopic (exact) mass is 360 g/mol. The van der Waals surface area contributed by atoms with Crippen molar-refractivity contribution in [3.05, 3.63) is 56.5 Å². The first-order valence-electron chi connectivity index (χ1n) is 5.13. The van der Waals surface area contributed by atoms with Crippen molar-refractivity contribution in [1.29, 1.82) is 0 Å². The Morgan fingerprint density at radius 2 is 1.84 bits per heavy atom. The van der Waals surface area contributed by atoms with Crippen molar-refractivity contribution >= 4 is 45.1 Å². The van der Waals surface area contributed by atoms with E-state index in [4.69, 9.17) is 33.0 Å². The van der Waals surface area contributed by atoms with Gasteiger partial charge in [-0.2, -0.15) is 0 Å². The van der Waals surface area contributed by atoms with Crippen LogP contribution in [0.2, 0.25) is 10.0 Å². The second kappa shape index (κ2) is 5.82. The molecule has 0 unspecified atom stereocenters. The Bertz CT molecular complexity index is 644. The fraction of sp³-hybridized carbons (Fsp3) is 0. The summed E-state index contributed by atoms with van der Waals surface area (Å²) < 4.78 is 6.17. The number of carboxylic acid groups (broad SMARTS) is 1. The van der Waals surface area contributed by atoms with E-state index in [2.05, 4.69) is 15.9 Å².